The van der Waals surface area contributed by atoms with Gasteiger partial charge in [0.1, 0.15) is 0 Å². The van der Waals surface area contributed by atoms with E-state index in [2.05, 4.69) is 36.4 Å². The molecule has 6 heteroatoms. The van der Waals surface area contributed by atoms with Gasteiger partial charge in [-0.1, -0.05) is 48.9 Å². The Kier molecular flexibility index (Phi) is 5.74. The van der Waals surface area contributed by atoms with E-state index in [9.17, 15) is 19.5 Å². The fraction of sp³-hybridized carbons (Fsp3) is 0.792. The highest BCUT2D eigenvalue weighted by molar-refractivity contribution is 14.1. The number of fused-ring (bicyclic) bond motifs is 5. The normalized spacial score (nSPS) is 45.1. The summed E-state index contributed by atoms with van der Waals surface area (Å²) in [5, 5.41) is 11.5. The Morgan fingerprint density at radius 3 is 2.63 bits per heavy atom. The number of aliphatic hydroxyl groups is 1. The Morgan fingerprint density at radius 2 is 1.97 bits per heavy atom. The van der Waals surface area contributed by atoms with Gasteiger partial charge in [-0.25, -0.2) is 0 Å². The molecule has 166 valence electrons. The minimum atomic E-state index is -1.13. The van der Waals surface area contributed by atoms with Crippen molar-refractivity contribution in [2.45, 2.75) is 83.8 Å². The van der Waals surface area contributed by atoms with Crippen molar-refractivity contribution in [3.05, 3.63) is 11.6 Å². The van der Waals surface area contributed by atoms with E-state index in [4.69, 9.17) is 4.74 Å². The van der Waals surface area contributed by atoms with Crippen molar-refractivity contribution < 1.29 is 24.2 Å². The maximum absolute atomic E-state index is 13.2. The molecule has 5 nitrogen and oxygen atoms in total. The molecule has 0 unspecified atom stereocenters. The van der Waals surface area contributed by atoms with E-state index in [-0.39, 0.29) is 47.1 Å². The van der Waals surface area contributed by atoms with Crippen molar-refractivity contribution in [2.24, 2.45) is 28.6 Å². The van der Waals surface area contributed by atoms with E-state index in [1.54, 1.807) is 6.92 Å². The lowest BCUT2D eigenvalue weighted by atomic mass is 9.45. The topological polar surface area (TPSA) is 80.7 Å². The molecule has 0 bridgehead atoms. The van der Waals surface area contributed by atoms with Crippen LogP contribution < -0.4 is 0 Å². The first kappa shape index (κ1) is 22.4. The van der Waals surface area contributed by atoms with E-state index in [1.165, 1.54) is 5.57 Å². The quantitative estimate of drug-likeness (QED) is 0.337. The predicted molar refractivity (Wildman–Crippen MR) is 121 cm³/mol. The zero-order chi connectivity index (χ0) is 21.9. The van der Waals surface area contributed by atoms with Crippen LogP contribution in [0.2, 0.25) is 0 Å². The van der Waals surface area contributed by atoms with Gasteiger partial charge in [0.2, 0.25) is 0 Å². The maximum Gasteiger partial charge on any atom is 0.306 e. The number of halogens is 1. The number of ether oxygens (including phenoxy) is 1. The second-order valence-electron chi connectivity index (χ2n) is 10.3. The summed E-state index contributed by atoms with van der Waals surface area (Å²) in [5.41, 5.74) is -0.635. The van der Waals surface area contributed by atoms with Crippen LogP contribution in [0.1, 0.15) is 72.1 Å². The van der Waals surface area contributed by atoms with Crippen LogP contribution in [0.25, 0.3) is 0 Å². The molecule has 3 saturated carbocycles. The van der Waals surface area contributed by atoms with Gasteiger partial charge >= 0.3 is 5.97 Å². The first-order chi connectivity index (χ1) is 14.1. The number of ketones is 2. The molecule has 0 saturated heterocycles. The molecule has 0 heterocycles. The summed E-state index contributed by atoms with van der Waals surface area (Å²) in [5.74, 6) is 0.452. The molecular formula is C24H33IO5. The highest BCUT2D eigenvalue weighted by Gasteiger charge is 2.70. The smallest absolute Gasteiger partial charge is 0.306 e. The average Bonchev–Trinajstić information content (AvgIpc) is 3.00. The van der Waals surface area contributed by atoms with Gasteiger partial charge in [0.25, 0.3) is 0 Å². The summed E-state index contributed by atoms with van der Waals surface area (Å²) in [6.07, 6.45) is 6.51. The van der Waals surface area contributed by atoms with E-state index >= 15 is 0 Å². The fourth-order valence-corrected chi connectivity index (χ4v) is 8.35. The molecule has 0 amide bonds. The van der Waals surface area contributed by atoms with Crippen LogP contribution in [0.3, 0.4) is 0 Å². The number of esters is 1. The highest BCUT2D eigenvalue weighted by atomic mass is 127. The van der Waals surface area contributed by atoms with Gasteiger partial charge in [0.15, 0.2) is 17.2 Å². The molecule has 0 spiro atoms. The zero-order valence-electron chi connectivity index (χ0n) is 18.2. The first-order valence-corrected chi connectivity index (χ1v) is 12.9. The van der Waals surface area contributed by atoms with Crippen molar-refractivity contribution in [1.29, 1.82) is 0 Å². The molecule has 0 radical (unpaired) electrons. The summed E-state index contributed by atoms with van der Waals surface area (Å²) in [4.78, 5) is 37.6. The fourth-order valence-electron chi connectivity index (χ4n) is 7.73. The minimum absolute atomic E-state index is 0.0218. The number of allylic oxidation sites excluding steroid dienone is 1. The van der Waals surface area contributed by atoms with Gasteiger partial charge in [-0.05, 0) is 67.8 Å². The number of carbonyl (C=O) groups excluding carboxylic acids is 3. The lowest BCUT2D eigenvalue weighted by Crippen LogP contribution is -2.63. The highest BCUT2D eigenvalue weighted by Crippen LogP contribution is 2.68. The lowest BCUT2D eigenvalue weighted by molar-refractivity contribution is -0.199. The minimum Gasteiger partial charge on any atom is -0.450 e. The van der Waals surface area contributed by atoms with Crippen LogP contribution in [0.5, 0.6) is 0 Å². The summed E-state index contributed by atoms with van der Waals surface area (Å²) >= 11 is 2.07. The van der Waals surface area contributed by atoms with E-state index in [1.807, 2.05) is 6.08 Å². The van der Waals surface area contributed by atoms with Gasteiger partial charge in [-0.2, -0.15) is 0 Å². The monoisotopic (exact) mass is 528 g/mol. The van der Waals surface area contributed by atoms with Crippen LogP contribution >= 0.6 is 22.6 Å². The standard InChI is InChI=1S/C24H33IO5/c1-4-20(29)30-24(19(28)13-25)10-8-17-16-6-5-14-11-15(26)7-9-22(14,2)21(16)18(27)12-23(17,24)3/h11,16-18,21,27H,4-10,12-13H2,1-3H3/t16-,17-,18-,21+,22-,23-,24+/m0/s1. The van der Waals surface area contributed by atoms with Crippen molar-refractivity contribution in [2.75, 3.05) is 4.43 Å². The second kappa shape index (κ2) is 7.68. The first-order valence-electron chi connectivity index (χ1n) is 11.4. The zero-order valence-corrected chi connectivity index (χ0v) is 20.4. The molecule has 4 aliphatic rings. The van der Waals surface area contributed by atoms with Crippen LogP contribution in [0.4, 0.5) is 0 Å². The Bertz CT molecular complexity index is 805. The summed E-state index contributed by atoms with van der Waals surface area (Å²) in [6.45, 7) is 6.06. The number of Topliss-reactive ketones (excluding diaryl/α,β-unsaturated/α-hetero) is 1. The van der Waals surface area contributed by atoms with E-state index < -0.39 is 17.1 Å². The third kappa shape index (κ3) is 2.99. The van der Waals surface area contributed by atoms with Crippen molar-refractivity contribution in [3.8, 4) is 0 Å². The molecule has 0 aromatic rings. The molecule has 0 aromatic heterocycles. The summed E-state index contributed by atoms with van der Waals surface area (Å²) < 4.78 is 6.29. The van der Waals surface area contributed by atoms with Gasteiger partial charge in [0, 0.05) is 18.3 Å². The van der Waals surface area contributed by atoms with E-state index in [0.29, 0.717) is 23.7 Å². The van der Waals surface area contributed by atoms with Crippen LogP contribution in [0, 0.1) is 28.6 Å². The van der Waals surface area contributed by atoms with Crippen LogP contribution in [-0.2, 0) is 19.1 Å². The number of rotatable bonds is 4. The number of hydrogen-bond donors (Lipinski definition) is 1. The van der Waals surface area contributed by atoms with Crippen molar-refractivity contribution >= 4 is 40.1 Å². The Labute approximate surface area is 192 Å². The van der Waals surface area contributed by atoms with Gasteiger partial charge < -0.3 is 9.84 Å². The molecule has 4 aliphatic carbocycles. The number of carbonyl (C=O) groups is 3. The second-order valence-corrected chi connectivity index (χ2v) is 11.1. The van der Waals surface area contributed by atoms with Gasteiger partial charge in [-0.15, -0.1) is 0 Å². The van der Waals surface area contributed by atoms with Gasteiger partial charge in [0.05, 0.1) is 10.5 Å². The number of hydrogen-bond acceptors (Lipinski definition) is 5. The van der Waals surface area contributed by atoms with Crippen LogP contribution in [0.15, 0.2) is 11.6 Å². The third-order valence-corrected chi connectivity index (χ3v) is 9.86. The Hall–Kier alpha value is -0.760. The molecule has 4 rings (SSSR count). The molecule has 7 atom stereocenters. The summed E-state index contributed by atoms with van der Waals surface area (Å²) in [6, 6.07) is 0. The molecule has 3 fully saturated rings. The molecule has 1 N–H and O–H groups in total. The predicted octanol–water partition coefficient (Wildman–Crippen LogP) is 4.19. The van der Waals surface area contributed by atoms with E-state index in [0.717, 1.165) is 25.7 Å². The van der Waals surface area contributed by atoms with Crippen molar-refractivity contribution in [1.82, 2.24) is 0 Å². The Balaban J connectivity index is 1.75. The average molecular weight is 528 g/mol. The summed E-state index contributed by atoms with van der Waals surface area (Å²) in [7, 11) is 0. The van der Waals surface area contributed by atoms with Crippen molar-refractivity contribution in [3.63, 3.8) is 0 Å². The van der Waals surface area contributed by atoms with Gasteiger partial charge in [-0.3, -0.25) is 14.4 Å². The molecule has 30 heavy (non-hydrogen) atoms. The maximum atomic E-state index is 13.2. The number of alkyl halides is 1. The lowest BCUT2D eigenvalue weighted by Gasteiger charge is -2.60. The molecule has 0 aromatic carbocycles. The number of aliphatic hydroxyl groups excluding tert-OH is 1. The Morgan fingerprint density at radius 1 is 1.23 bits per heavy atom. The largest absolute Gasteiger partial charge is 0.450 e. The molecule has 0 aliphatic heterocycles. The molecular weight excluding hydrogens is 495 g/mol. The van der Waals surface area contributed by atoms with Crippen LogP contribution in [-0.4, -0.2) is 38.8 Å². The third-order valence-electron chi connectivity index (χ3n) is 9.16. The SMILES string of the molecule is CCC(=O)O[C@@]1(C(=O)CI)CC[C@H]2[C@@H]3CCC4=CC(=O)CC[C@]4(C)[C@H]3[C@@H](O)C[C@@]21C.